The monoisotopic (exact) mass is 172 g/mol. The average molecular weight is 172 g/mol. The Hall–Kier alpha value is -0.570. The predicted molar refractivity (Wildman–Crippen MR) is 44.9 cm³/mol. The van der Waals surface area contributed by atoms with Crippen LogP contribution in [-0.4, -0.2) is 24.3 Å². The molecule has 0 saturated heterocycles. The van der Waals surface area contributed by atoms with Crippen molar-refractivity contribution in [2.24, 2.45) is 11.8 Å². The molecule has 3 unspecified atom stereocenters. The van der Waals surface area contributed by atoms with Crippen LogP contribution >= 0.6 is 0 Å². The summed E-state index contributed by atoms with van der Waals surface area (Å²) >= 11 is 0. The first-order valence-electron chi connectivity index (χ1n) is 4.40. The van der Waals surface area contributed by atoms with E-state index in [9.17, 15) is 4.79 Å². The highest BCUT2D eigenvalue weighted by molar-refractivity contribution is 5.70. The number of ether oxygens (including phenoxy) is 1. The number of carbonyl (C=O) groups is 1. The second-order valence-electron chi connectivity index (χ2n) is 3.60. The van der Waals surface area contributed by atoms with Crippen molar-refractivity contribution in [1.82, 2.24) is 0 Å². The minimum absolute atomic E-state index is 0.147. The largest absolute Gasteiger partial charge is 0.481 e. The van der Waals surface area contributed by atoms with Gasteiger partial charge in [0.1, 0.15) is 0 Å². The average Bonchev–Trinajstić information content (AvgIpc) is 2.04. The second kappa shape index (κ2) is 3.90. The first-order valence-corrected chi connectivity index (χ1v) is 4.40. The van der Waals surface area contributed by atoms with Gasteiger partial charge in [-0.25, -0.2) is 0 Å². The molecule has 1 fully saturated rings. The van der Waals surface area contributed by atoms with E-state index in [0.29, 0.717) is 5.92 Å². The zero-order chi connectivity index (χ0) is 9.14. The summed E-state index contributed by atoms with van der Waals surface area (Å²) < 4.78 is 5.24. The Balaban J connectivity index is 2.46. The van der Waals surface area contributed by atoms with E-state index in [4.69, 9.17) is 9.84 Å². The molecule has 3 atom stereocenters. The molecule has 0 spiro atoms. The quantitative estimate of drug-likeness (QED) is 0.687. The molecule has 3 heteroatoms. The maximum absolute atomic E-state index is 10.7. The third kappa shape index (κ3) is 1.97. The number of aliphatic carboxylic acids is 1. The van der Waals surface area contributed by atoms with E-state index in [1.165, 1.54) is 0 Å². The van der Waals surface area contributed by atoms with Crippen LogP contribution in [0.15, 0.2) is 0 Å². The van der Waals surface area contributed by atoms with Gasteiger partial charge in [0.25, 0.3) is 0 Å². The van der Waals surface area contributed by atoms with Gasteiger partial charge >= 0.3 is 5.97 Å². The summed E-state index contributed by atoms with van der Waals surface area (Å²) in [5.41, 5.74) is 0. The summed E-state index contributed by atoms with van der Waals surface area (Å²) in [4.78, 5) is 10.7. The number of methoxy groups -OCH3 is 1. The van der Waals surface area contributed by atoms with Crippen molar-refractivity contribution >= 4 is 5.97 Å². The van der Waals surface area contributed by atoms with Gasteiger partial charge in [0, 0.05) is 7.11 Å². The fraction of sp³-hybridized carbons (Fsp3) is 0.889. The van der Waals surface area contributed by atoms with Gasteiger partial charge < -0.3 is 9.84 Å². The van der Waals surface area contributed by atoms with Gasteiger partial charge in [-0.15, -0.1) is 0 Å². The lowest BCUT2D eigenvalue weighted by Gasteiger charge is -2.31. The molecule has 3 nitrogen and oxygen atoms in total. The molecule has 1 aliphatic rings. The van der Waals surface area contributed by atoms with E-state index >= 15 is 0 Å². The molecule has 0 aromatic carbocycles. The van der Waals surface area contributed by atoms with Crippen LogP contribution in [0.25, 0.3) is 0 Å². The smallest absolute Gasteiger partial charge is 0.306 e. The zero-order valence-corrected chi connectivity index (χ0v) is 7.62. The van der Waals surface area contributed by atoms with Gasteiger partial charge in [0.15, 0.2) is 0 Å². The summed E-state index contributed by atoms with van der Waals surface area (Å²) in [5, 5.41) is 8.77. The number of carboxylic acid groups (broad SMARTS) is 1. The number of hydrogen-bond donors (Lipinski definition) is 1. The van der Waals surface area contributed by atoms with Crippen LogP contribution in [-0.2, 0) is 9.53 Å². The predicted octanol–water partition coefficient (Wildman–Crippen LogP) is 1.52. The van der Waals surface area contributed by atoms with E-state index in [0.717, 1.165) is 19.3 Å². The number of hydrogen-bond acceptors (Lipinski definition) is 2. The van der Waals surface area contributed by atoms with Crippen molar-refractivity contribution in [1.29, 1.82) is 0 Å². The Bertz CT molecular complexity index is 167. The highest BCUT2D eigenvalue weighted by Gasteiger charge is 2.30. The summed E-state index contributed by atoms with van der Waals surface area (Å²) in [6, 6.07) is 0. The van der Waals surface area contributed by atoms with E-state index in [1.54, 1.807) is 7.11 Å². The SMILES string of the molecule is COC1CCC(C(=O)O)CC1C. The summed E-state index contributed by atoms with van der Waals surface area (Å²) in [7, 11) is 1.70. The van der Waals surface area contributed by atoms with E-state index < -0.39 is 5.97 Å². The highest BCUT2D eigenvalue weighted by atomic mass is 16.5. The lowest BCUT2D eigenvalue weighted by Crippen LogP contribution is -2.32. The Morgan fingerprint density at radius 3 is 2.58 bits per heavy atom. The molecule has 1 aliphatic carbocycles. The maximum atomic E-state index is 10.7. The molecule has 1 saturated carbocycles. The first kappa shape index (κ1) is 9.52. The Morgan fingerprint density at radius 1 is 1.50 bits per heavy atom. The standard InChI is InChI=1S/C9H16O3/c1-6-5-7(9(10)11)3-4-8(6)12-2/h6-8H,3-5H2,1-2H3,(H,10,11). The Labute approximate surface area is 72.7 Å². The lowest BCUT2D eigenvalue weighted by molar-refractivity contribution is -0.144. The van der Waals surface area contributed by atoms with Gasteiger partial charge in [0.2, 0.25) is 0 Å². The van der Waals surface area contributed by atoms with E-state index in [1.807, 2.05) is 0 Å². The third-order valence-corrected chi connectivity index (χ3v) is 2.74. The minimum atomic E-state index is -0.656. The van der Waals surface area contributed by atoms with Crippen molar-refractivity contribution in [2.45, 2.75) is 32.3 Å². The fourth-order valence-corrected chi connectivity index (χ4v) is 1.94. The molecule has 0 amide bonds. The van der Waals surface area contributed by atoms with E-state index in [2.05, 4.69) is 6.92 Å². The van der Waals surface area contributed by atoms with Crippen LogP contribution in [0, 0.1) is 11.8 Å². The molecule has 1 N–H and O–H groups in total. The van der Waals surface area contributed by atoms with Crippen LogP contribution < -0.4 is 0 Å². The summed E-state index contributed by atoms with van der Waals surface area (Å²) in [6.07, 6.45) is 2.67. The van der Waals surface area contributed by atoms with Crippen LogP contribution in [0.5, 0.6) is 0 Å². The summed E-state index contributed by atoms with van der Waals surface area (Å²) in [6.45, 7) is 2.06. The van der Waals surface area contributed by atoms with Crippen molar-refractivity contribution in [3.05, 3.63) is 0 Å². The van der Waals surface area contributed by atoms with Crippen molar-refractivity contribution < 1.29 is 14.6 Å². The molecule has 0 radical (unpaired) electrons. The molecule has 0 aromatic rings. The topological polar surface area (TPSA) is 46.5 Å². The number of rotatable bonds is 2. The van der Waals surface area contributed by atoms with Crippen molar-refractivity contribution in [3.8, 4) is 0 Å². The minimum Gasteiger partial charge on any atom is -0.481 e. The maximum Gasteiger partial charge on any atom is 0.306 e. The van der Waals surface area contributed by atoms with Crippen LogP contribution in [0.1, 0.15) is 26.2 Å². The molecular formula is C9H16O3. The summed E-state index contributed by atoms with van der Waals surface area (Å²) in [5.74, 6) is -0.423. The lowest BCUT2D eigenvalue weighted by atomic mass is 9.80. The van der Waals surface area contributed by atoms with Crippen LogP contribution in [0.4, 0.5) is 0 Å². The van der Waals surface area contributed by atoms with E-state index in [-0.39, 0.29) is 12.0 Å². The highest BCUT2D eigenvalue weighted by Crippen LogP contribution is 2.30. The Kier molecular flexibility index (Phi) is 3.09. The van der Waals surface area contributed by atoms with Gasteiger partial charge in [0.05, 0.1) is 12.0 Å². The molecule has 12 heavy (non-hydrogen) atoms. The molecule has 70 valence electrons. The van der Waals surface area contributed by atoms with Gasteiger partial charge in [-0.1, -0.05) is 6.92 Å². The zero-order valence-electron chi connectivity index (χ0n) is 7.62. The van der Waals surface area contributed by atoms with Crippen molar-refractivity contribution in [2.75, 3.05) is 7.11 Å². The molecule has 0 aromatic heterocycles. The van der Waals surface area contributed by atoms with Crippen LogP contribution in [0.2, 0.25) is 0 Å². The fourth-order valence-electron chi connectivity index (χ4n) is 1.94. The third-order valence-electron chi connectivity index (χ3n) is 2.74. The second-order valence-corrected chi connectivity index (χ2v) is 3.60. The molecule has 0 aliphatic heterocycles. The van der Waals surface area contributed by atoms with Gasteiger partial charge in [-0.05, 0) is 25.2 Å². The van der Waals surface area contributed by atoms with Gasteiger partial charge in [-0.3, -0.25) is 4.79 Å². The van der Waals surface area contributed by atoms with Crippen molar-refractivity contribution in [3.63, 3.8) is 0 Å². The number of carboxylic acids is 1. The molecule has 1 rings (SSSR count). The first-order chi connectivity index (χ1) is 5.65. The molecule has 0 bridgehead atoms. The molecule has 0 heterocycles. The normalized spacial score (nSPS) is 36.3. The Morgan fingerprint density at radius 2 is 2.17 bits per heavy atom. The van der Waals surface area contributed by atoms with Gasteiger partial charge in [-0.2, -0.15) is 0 Å². The molecular weight excluding hydrogens is 156 g/mol. The van der Waals surface area contributed by atoms with Crippen LogP contribution in [0.3, 0.4) is 0 Å².